The Kier molecular flexibility index (Phi) is 3.91. The van der Waals surface area contributed by atoms with Gasteiger partial charge in [0.1, 0.15) is 17.4 Å². The predicted octanol–water partition coefficient (Wildman–Crippen LogP) is 2.72. The molecule has 3 aromatic rings. The minimum Gasteiger partial charge on any atom is -0.436 e. The molecule has 26 heavy (non-hydrogen) atoms. The predicted molar refractivity (Wildman–Crippen MR) is 92.7 cm³/mol. The van der Waals surface area contributed by atoms with Crippen molar-refractivity contribution < 1.29 is 18.4 Å². The SMILES string of the molecule is NC(=O)[C@@H]1CCCN1C(=O)c1ccc2oc(-c3cccc(F)c3)nc2c1. The monoisotopic (exact) mass is 353 g/mol. The number of primary amides is 1. The smallest absolute Gasteiger partial charge is 0.254 e. The molecule has 2 N–H and O–H groups in total. The lowest BCUT2D eigenvalue weighted by molar-refractivity contribution is -0.121. The van der Waals surface area contributed by atoms with Crippen molar-refractivity contribution in [2.24, 2.45) is 5.73 Å². The maximum absolute atomic E-state index is 13.4. The summed E-state index contributed by atoms with van der Waals surface area (Å²) in [5.41, 5.74) is 7.29. The van der Waals surface area contributed by atoms with Crippen LogP contribution in [0.5, 0.6) is 0 Å². The summed E-state index contributed by atoms with van der Waals surface area (Å²) < 4.78 is 19.0. The Morgan fingerprint density at radius 1 is 1.23 bits per heavy atom. The summed E-state index contributed by atoms with van der Waals surface area (Å²) in [6.07, 6.45) is 1.33. The number of fused-ring (bicyclic) bond motifs is 1. The molecule has 1 atom stereocenters. The Labute approximate surface area is 148 Å². The number of likely N-dealkylation sites (tertiary alicyclic amines) is 1. The number of oxazole rings is 1. The number of hydrogen-bond donors (Lipinski definition) is 1. The van der Waals surface area contributed by atoms with Gasteiger partial charge in [0.2, 0.25) is 11.8 Å². The van der Waals surface area contributed by atoms with Crippen molar-refractivity contribution in [3.63, 3.8) is 0 Å². The minimum absolute atomic E-state index is 0.261. The normalized spacial score (nSPS) is 17.0. The van der Waals surface area contributed by atoms with E-state index in [9.17, 15) is 14.0 Å². The third-order valence-electron chi connectivity index (χ3n) is 4.55. The fraction of sp³-hybridized carbons (Fsp3) is 0.211. The van der Waals surface area contributed by atoms with E-state index in [2.05, 4.69) is 4.98 Å². The van der Waals surface area contributed by atoms with E-state index in [0.717, 1.165) is 6.42 Å². The van der Waals surface area contributed by atoms with E-state index >= 15 is 0 Å². The number of rotatable bonds is 3. The lowest BCUT2D eigenvalue weighted by Crippen LogP contribution is -2.43. The molecule has 0 unspecified atom stereocenters. The molecular formula is C19H16FN3O3. The fourth-order valence-electron chi connectivity index (χ4n) is 3.28. The number of halogens is 1. The van der Waals surface area contributed by atoms with E-state index in [1.807, 2.05) is 0 Å². The van der Waals surface area contributed by atoms with E-state index < -0.39 is 11.9 Å². The van der Waals surface area contributed by atoms with Crippen LogP contribution in [0.2, 0.25) is 0 Å². The standard InChI is InChI=1S/C19H16FN3O3/c20-13-4-1-3-11(9-13)18-22-14-10-12(6-7-16(14)26-18)19(25)23-8-2-5-15(23)17(21)24/h1,3-4,6-7,9-10,15H,2,5,8H2,(H2,21,24)/t15-/m0/s1. The topological polar surface area (TPSA) is 89.4 Å². The van der Waals surface area contributed by atoms with Gasteiger partial charge in [-0.3, -0.25) is 9.59 Å². The van der Waals surface area contributed by atoms with Crippen LogP contribution < -0.4 is 5.73 Å². The van der Waals surface area contributed by atoms with Crippen molar-refractivity contribution in [3.8, 4) is 11.5 Å². The highest BCUT2D eigenvalue weighted by atomic mass is 19.1. The zero-order valence-electron chi connectivity index (χ0n) is 13.8. The maximum Gasteiger partial charge on any atom is 0.254 e. The molecule has 4 rings (SSSR count). The summed E-state index contributed by atoms with van der Waals surface area (Å²) >= 11 is 0. The van der Waals surface area contributed by atoms with Gasteiger partial charge in [-0.2, -0.15) is 0 Å². The van der Waals surface area contributed by atoms with Crippen molar-refractivity contribution in [3.05, 3.63) is 53.8 Å². The molecule has 2 heterocycles. The average molecular weight is 353 g/mol. The number of amides is 2. The van der Waals surface area contributed by atoms with Gasteiger partial charge in [-0.25, -0.2) is 9.37 Å². The zero-order valence-corrected chi connectivity index (χ0v) is 13.8. The van der Waals surface area contributed by atoms with Crippen LogP contribution in [0, 0.1) is 5.82 Å². The molecule has 132 valence electrons. The van der Waals surface area contributed by atoms with Crippen LogP contribution in [0.4, 0.5) is 4.39 Å². The Morgan fingerprint density at radius 3 is 2.85 bits per heavy atom. The Morgan fingerprint density at radius 2 is 2.08 bits per heavy atom. The second-order valence-corrected chi connectivity index (χ2v) is 6.27. The van der Waals surface area contributed by atoms with Crippen LogP contribution in [0.3, 0.4) is 0 Å². The molecule has 2 aromatic carbocycles. The number of carbonyl (C=O) groups is 2. The highest BCUT2D eigenvalue weighted by Gasteiger charge is 2.33. The first-order valence-electron chi connectivity index (χ1n) is 8.30. The van der Waals surface area contributed by atoms with Gasteiger partial charge in [0.05, 0.1) is 0 Å². The van der Waals surface area contributed by atoms with Gasteiger partial charge in [0.15, 0.2) is 5.58 Å². The molecule has 1 saturated heterocycles. The van der Waals surface area contributed by atoms with Gasteiger partial charge in [-0.05, 0) is 49.2 Å². The van der Waals surface area contributed by atoms with Gasteiger partial charge in [-0.1, -0.05) is 6.07 Å². The molecule has 1 fully saturated rings. The van der Waals surface area contributed by atoms with E-state index in [1.54, 1.807) is 30.3 Å². The zero-order chi connectivity index (χ0) is 18.3. The number of benzene rings is 2. The Balaban J connectivity index is 1.67. The van der Waals surface area contributed by atoms with Crippen LogP contribution in [-0.4, -0.2) is 34.3 Å². The summed E-state index contributed by atoms with van der Waals surface area (Å²) in [7, 11) is 0. The van der Waals surface area contributed by atoms with E-state index in [1.165, 1.54) is 17.0 Å². The fourth-order valence-corrected chi connectivity index (χ4v) is 3.28. The van der Waals surface area contributed by atoms with Crippen molar-refractivity contribution in [1.82, 2.24) is 9.88 Å². The van der Waals surface area contributed by atoms with Gasteiger partial charge >= 0.3 is 0 Å². The highest BCUT2D eigenvalue weighted by molar-refractivity contribution is 6.00. The molecule has 1 aliphatic heterocycles. The molecule has 0 bridgehead atoms. The number of nitrogens with zero attached hydrogens (tertiary/aromatic N) is 2. The third kappa shape index (κ3) is 2.81. The first kappa shape index (κ1) is 16.3. The summed E-state index contributed by atoms with van der Waals surface area (Å²) in [4.78, 5) is 30.1. The van der Waals surface area contributed by atoms with E-state index in [0.29, 0.717) is 35.2 Å². The van der Waals surface area contributed by atoms with E-state index in [-0.39, 0.29) is 17.6 Å². The molecule has 6 nitrogen and oxygen atoms in total. The van der Waals surface area contributed by atoms with Gasteiger partial charge in [0.25, 0.3) is 5.91 Å². The number of hydrogen-bond acceptors (Lipinski definition) is 4. The molecule has 0 spiro atoms. The van der Waals surface area contributed by atoms with Crippen LogP contribution in [0.15, 0.2) is 46.9 Å². The van der Waals surface area contributed by atoms with Gasteiger partial charge in [-0.15, -0.1) is 0 Å². The van der Waals surface area contributed by atoms with Gasteiger partial charge in [0, 0.05) is 17.7 Å². The van der Waals surface area contributed by atoms with Crippen molar-refractivity contribution in [2.45, 2.75) is 18.9 Å². The quantitative estimate of drug-likeness (QED) is 0.784. The third-order valence-corrected chi connectivity index (χ3v) is 4.55. The van der Waals surface area contributed by atoms with Crippen LogP contribution in [0.25, 0.3) is 22.6 Å². The molecule has 0 saturated carbocycles. The number of nitrogens with two attached hydrogens (primary N) is 1. The van der Waals surface area contributed by atoms with Crippen LogP contribution in [0.1, 0.15) is 23.2 Å². The molecule has 1 aliphatic rings. The maximum atomic E-state index is 13.4. The van der Waals surface area contributed by atoms with Crippen LogP contribution >= 0.6 is 0 Å². The summed E-state index contributed by atoms with van der Waals surface area (Å²) in [5.74, 6) is -0.859. The summed E-state index contributed by atoms with van der Waals surface area (Å²) in [6.45, 7) is 0.498. The largest absolute Gasteiger partial charge is 0.436 e. The Hall–Kier alpha value is -3.22. The first-order valence-corrected chi connectivity index (χ1v) is 8.30. The van der Waals surface area contributed by atoms with Crippen molar-refractivity contribution in [1.29, 1.82) is 0 Å². The average Bonchev–Trinajstić information content (AvgIpc) is 3.27. The lowest BCUT2D eigenvalue weighted by atomic mass is 10.1. The first-order chi connectivity index (χ1) is 12.5. The minimum atomic E-state index is -0.571. The molecule has 0 aliphatic carbocycles. The molecule has 7 heteroatoms. The number of carbonyl (C=O) groups excluding carboxylic acids is 2. The van der Waals surface area contributed by atoms with E-state index in [4.69, 9.17) is 10.2 Å². The molecule has 1 aromatic heterocycles. The van der Waals surface area contributed by atoms with Gasteiger partial charge < -0.3 is 15.1 Å². The molecular weight excluding hydrogens is 337 g/mol. The van der Waals surface area contributed by atoms with Crippen molar-refractivity contribution in [2.75, 3.05) is 6.54 Å². The summed E-state index contributed by atoms with van der Waals surface area (Å²) in [5, 5.41) is 0. The summed E-state index contributed by atoms with van der Waals surface area (Å²) in [6, 6.07) is 10.3. The molecule has 2 amide bonds. The van der Waals surface area contributed by atoms with Crippen LogP contribution in [-0.2, 0) is 4.79 Å². The highest BCUT2D eigenvalue weighted by Crippen LogP contribution is 2.27. The molecule has 0 radical (unpaired) electrons. The van der Waals surface area contributed by atoms with Crippen molar-refractivity contribution >= 4 is 22.9 Å². The second kappa shape index (κ2) is 6.25. The lowest BCUT2D eigenvalue weighted by Gasteiger charge is -2.22. The second-order valence-electron chi connectivity index (χ2n) is 6.27. The Bertz CT molecular complexity index is 1010. The number of aromatic nitrogens is 1.